The zero-order valence-electron chi connectivity index (χ0n) is 18.5. The van der Waals surface area contributed by atoms with Gasteiger partial charge in [-0.1, -0.05) is 31.0 Å². The van der Waals surface area contributed by atoms with Crippen LogP contribution < -0.4 is 15.6 Å². The zero-order chi connectivity index (χ0) is 23.4. The molecule has 0 radical (unpaired) electrons. The number of ether oxygens (including phenoxy) is 1. The third kappa shape index (κ3) is 5.26. The van der Waals surface area contributed by atoms with Crippen molar-refractivity contribution in [2.24, 2.45) is 0 Å². The molecule has 0 unspecified atom stereocenters. The molecule has 0 spiro atoms. The second-order valence-electron chi connectivity index (χ2n) is 7.83. The van der Waals surface area contributed by atoms with E-state index < -0.39 is 0 Å². The molecule has 0 saturated heterocycles. The maximum atomic E-state index is 12.9. The summed E-state index contributed by atoms with van der Waals surface area (Å²) >= 11 is 6.11. The van der Waals surface area contributed by atoms with Crippen LogP contribution in [-0.2, 0) is 11.3 Å². The van der Waals surface area contributed by atoms with Gasteiger partial charge < -0.3 is 14.6 Å². The Bertz CT molecular complexity index is 1340. The number of fused-ring (bicyclic) bond motifs is 1. The van der Waals surface area contributed by atoms with E-state index in [4.69, 9.17) is 16.3 Å². The molecule has 4 rings (SSSR count). The van der Waals surface area contributed by atoms with Crippen LogP contribution in [0.3, 0.4) is 0 Å². The number of rotatable bonds is 8. The Hall–Kier alpha value is -3.58. The average molecular weight is 465 g/mol. The van der Waals surface area contributed by atoms with Crippen molar-refractivity contribution in [2.75, 3.05) is 11.9 Å². The molecule has 0 bridgehead atoms. The van der Waals surface area contributed by atoms with E-state index in [9.17, 15) is 9.59 Å². The number of benzene rings is 2. The van der Waals surface area contributed by atoms with Crippen molar-refractivity contribution in [3.63, 3.8) is 0 Å². The van der Waals surface area contributed by atoms with E-state index in [2.05, 4.69) is 17.3 Å². The number of aryl methyl sites for hydroxylation is 1. The Morgan fingerprint density at radius 2 is 1.91 bits per heavy atom. The van der Waals surface area contributed by atoms with E-state index in [-0.39, 0.29) is 18.0 Å². The van der Waals surface area contributed by atoms with Crippen molar-refractivity contribution >= 4 is 28.7 Å². The molecule has 2 aromatic heterocycles. The quantitative estimate of drug-likeness (QED) is 0.374. The van der Waals surface area contributed by atoms with Gasteiger partial charge in [-0.25, -0.2) is 4.52 Å². The highest BCUT2D eigenvalue weighted by Crippen LogP contribution is 2.22. The van der Waals surface area contributed by atoms with Crippen LogP contribution >= 0.6 is 11.6 Å². The number of halogens is 1. The second-order valence-corrected chi connectivity index (χ2v) is 8.24. The maximum absolute atomic E-state index is 12.9. The molecular weight excluding hydrogens is 440 g/mol. The van der Waals surface area contributed by atoms with E-state index >= 15 is 0 Å². The van der Waals surface area contributed by atoms with E-state index in [1.54, 1.807) is 30.6 Å². The maximum Gasteiger partial charge on any atom is 0.277 e. The number of hydrogen-bond donors (Lipinski definition) is 1. The van der Waals surface area contributed by atoms with Crippen LogP contribution in [0.2, 0.25) is 5.02 Å². The minimum atomic E-state index is -0.320. The zero-order valence-corrected chi connectivity index (χ0v) is 19.3. The van der Waals surface area contributed by atoms with Crippen molar-refractivity contribution in [1.82, 2.24) is 14.2 Å². The molecule has 0 aliphatic carbocycles. The molecule has 0 aliphatic rings. The van der Waals surface area contributed by atoms with Gasteiger partial charge in [-0.15, -0.1) is 0 Å². The summed E-state index contributed by atoms with van der Waals surface area (Å²) in [6.07, 6.45) is 5.31. The number of hydrogen-bond acceptors (Lipinski definition) is 4. The highest BCUT2D eigenvalue weighted by atomic mass is 35.5. The van der Waals surface area contributed by atoms with Gasteiger partial charge in [0.15, 0.2) is 0 Å². The first kappa shape index (κ1) is 22.6. The highest BCUT2D eigenvalue weighted by molar-refractivity contribution is 6.31. The fourth-order valence-corrected chi connectivity index (χ4v) is 3.55. The van der Waals surface area contributed by atoms with Crippen LogP contribution in [-0.4, -0.2) is 26.7 Å². The van der Waals surface area contributed by atoms with E-state index in [0.29, 0.717) is 28.5 Å². The van der Waals surface area contributed by atoms with Gasteiger partial charge in [0.05, 0.1) is 12.3 Å². The lowest BCUT2D eigenvalue weighted by Crippen LogP contribution is -2.28. The van der Waals surface area contributed by atoms with Crippen LogP contribution in [0.5, 0.6) is 5.75 Å². The third-order valence-electron chi connectivity index (χ3n) is 5.29. The number of nitrogens with zero attached hydrogens (tertiary/aromatic N) is 3. The lowest BCUT2D eigenvalue weighted by Gasteiger charge is -2.08. The summed E-state index contributed by atoms with van der Waals surface area (Å²) < 4.78 is 8.58. The number of amides is 1. The second kappa shape index (κ2) is 9.92. The van der Waals surface area contributed by atoms with Gasteiger partial charge in [0.1, 0.15) is 17.8 Å². The summed E-state index contributed by atoms with van der Waals surface area (Å²) in [5, 5.41) is 7.84. The van der Waals surface area contributed by atoms with Gasteiger partial charge in [-0.05, 0) is 61.4 Å². The van der Waals surface area contributed by atoms with Gasteiger partial charge in [0, 0.05) is 28.7 Å². The molecule has 2 aromatic carbocycles. The molecule has 0 fully saturated rings. The first-order valence-corrected chi connectivity index (χ1v) is 11.2. The number of carbonyl (C=O) groups excluding carboxylic acids is 1. The lowest BCUT2D eigenvalue weighted by molar-refractivity contribution is -0.116. The molecule has 7 nitrogen and oxygen atoms in total. The summed E-state index contributed by atoms with van der Waals surface area (Å²) in [4.78, 5) is 25.4. The van der Waals surface area contributed by atoms with Crippen molar-refractivity contribution < 1.29 is 9.53 Å². The third-order valence-corrected chi connectivity index (χ3v) is 5.70. The minimum absolute atomic E-state index is 0.120. The van der Waals surface area contributed by atoms with Crippen LogP contribution in [0.25, 0.3) is 16.8 Å². The van der Waals surface area contributed by atoms with Crippen LogP contribution in [0.4, 0.5) is 5.69 Å². The predicted octanol–water partition coefficient (Wildman–Crippen LogP) is 4.94. The van der Waals surface area contributed by atoms with E-state index in [1.807, 2.05) is 37.3 Å². The number of aromatic nitrogens is 3. The molecule has 0 atom stereocenters. The highest BCUT2D eigenvalue weighted by Gasteiger charge is 2.12. The molecule has 33 heavy (non-hydrogen) atoms. The monoisotopic (exact) mass is 464 g/mol. The Morgan fingerprint density at radius 1 is 1.12 bits per heavy atom. The van der Waals surface area contributed by atoms with Gasteiger partial charge in [-0.2, -0.15) is 5.10 Å². The van der Waals surface area contributed by atoms with Crippen molar-refractivity contribution in [3.8, 4) is 17.0 Å². The molecular formula is C25H25ClN4O3. The van der Waals surface area contributed by atoms with Crippen molar-refractivity contribution in [1.29, 1.82) is 0 Å². The molecule has 0 aliphatic heterocycles. The van der Waals surface area contributed by atoms with Gasteiger partial charge in [0.2, 0.25) is 5.91 Å². The summed E-state index contributed by atoms with van der Waals surface area (Å²) in [7, 11) is 0. The van der Waals surface area contributed by atoms with E-state index in [0.717, 1.165) is 29.7 Å². The molecule has 170 valence electrons. The fourth-order valence-electron chi connectivity index (χ4n) is 3.37. The predicted molar refractivity (Wildman–Crippen MR) is 130 cm³/mol. The van der Waals surface area contributed by atoms with Gasteiger partial charge in [-0.3, -0.25) is 9.59 Å². The Balaban J connectivity index is 1.50. The topological polar surface area (TPSA) is 77.6 Å². The molecule has 1 amide bonds. The average Bonchev–Trinajstić information content (AvgIpc) is 3.24. The Labute approximate surface area is 196 Å². The standard InChI is InChI=1S/C25H25ClN4O3/c1-3-4-13-33-20-9-6-18(7-10-20)22-15-23-25(32)29(11-12-30(23)28-22)16-24(31)27-19-8-5-17(2)21(26)14-19/h5-12,14-15H,3-4,13,16H2,1-2H3,(H,27,31). The number of carbonyl (C=O) groups is 1. The normalized spacial score (nSPS) is 11.0. The van der Waals surface area contributed by atoms with Crippen LogP contribution in [0.1, 0.15) is 25.3 Å². The first-order valence-electron chi connectivity index (χ1n) is 10.8. The molecule has 4 aromatic rings. The summed E-state index contributed by atoms with van der Waals surface area (Å²) in [6.45, 7) is 4.58. The molecule has 2 heterocycles. The van der Waals surface area contributed by atoms with Crippen molar-refractivity contribution in [2.45, 2.75) is 33.2 Å². The van der Waals surface area contributed by atoms with E-state index in [1.165, 1.54) is 9.08 Å². The number of nitrogens with one attached hydrogen (secondary N) is 1. The number of unbranched alkanes of at least 4 members (excludes halogenated alkanes) is 1. The molecule has 8 heteroatoms. The van der Waals surface area contributed by atoms with Gasteiger partial charge >= 0.3 is 0 Å². The largest absolute Gasteiger partial charge is 0.494 e. The smallest absolute Gasteiger partial charge is 0.277 e. The van der Waals surface area contributed by atoms with Crippen molar-refractivity contribution in [3.05, 3.63) is 81.9 Å². The molecule has 1 N–H and O–H groups in total. The van der Waals surface area contributed by atoms with Crippen LogP contribution in [0, 0.1) is 6.92 Å². The summed E-state index contributed by atoms with van der Waals surface area (Å²) in [6, 6.07) is 14.6. The van der Waals surface area contributed by atoms with Gasteiger partial charge in [0.25, 0.3) is 5.56 Å². The molecule has 0 saturated carbocycles. The number of anilines is 1. The minimum Gasteiger partial charge on any atom is -0.494 e. The Kier molecular flexibility index (Phi) is 6.79. The lowest BCUT2D eigenvalue weighted by atomic mass is 10.1. The van der Waals surface area contributed by atoms with Crippen LogP contribution in [0.15, 0.2) is 65.7 Å². The first-order chi connectivity index (χ1) is 15.9. The SMILES string of the molecule is CCCCOc1ccc(-c2cc3c(=O)n(CC(=O)Nc4ccc(C)c(Cl)c4)ccn3n2)cc1. The fraction of sp³-hybridized carbons (Fsp3) is 0.240. The summed E-state index contributed by atoms with van der Waals surface area (Å²) in [5.41, 5.74) is 3.14. The Morgan fingerprint density at radius 3 is 2.64 bits per heavy atom. The summed E-state index contributed by atoms with van der Waals surface area (Å²) in [5.74, 6) is 0.485.